The largest absolute Gasteiger partial charge is 0.374 e. The van der Waals surface area contributed by atoms with Crippen LogP contribution in [0, 0.1) is 29.1 Å². The highest BCUT2D eigenvalue weighted by Gasteiger charge is 2.50. The second-order valence-corrected chi connectivity index (χ2v) is 10.1. The van der Waals surface area contributed by atoms with Crippen molar-refractivity contribution >= 4 is 6.03 Å². The molecule has 2 amide bonds. The SMILES string of the molecule is CC(C)CN1CCOC(CNC(=O)NCC23CC4CC(CC(C4)C2)C3)C1. The number of morpholine rings is 1. The first-order valence-electron chi connectivity index (χ1n) is 10.9. The number of carbonyl (C=O) groups excluding carboxylic acids is 1. The van der Waals surface area contributed by atoms with E-state index >= 15 is 0 Å². The van der Waals surface area contributed by atoms with Crippen LogP contribution in [0.3, 0.4) is 0 Å². The summed E-state index contributed by atoms with van der Waals surface area (Å²) in [6, 6.07) is -0.00896. The molecule has 0 spiro atoms. The summed E-state index contributed by atoms with van der Waals surface area (Å²) in [5, 5.41) is 6.26. The summed E-state index contributed by atoms with van der Waals surface area (Å²) in [6.07, 6.45) is 8.51. The van der Waals surface area contributed by atoms with E-state index in [1.165, 1.54) is 38.5 Å². The fourth-order valence-corrected chi connectivity index (χ4v) is 6.63. The van der Waals surface area contributed by atoms with Crippen LogP contribution in [0.5, 0.6) is 0 Å². The highest BCUT2D eigenvalue weighted by atomic mass is 16.5. The number of amides is 2. The Bertz CT molecular complexity index is 472. The lowest BCUT2D eigenvalue weighted by Crippen LogP contribution is -2.53. The third-order valence-electron chi connectivity index (χ3n) is 7.13. The minimum Gasteiger partial charge on any atom is -0.374 e. The van der Waals surface area contributed by atoms with Gasteiger partial charge in [-0.15, -0.1) is 0 Å². The number of urea groups is 1. The second-order valence-electron chi connectivity index (χ2n) is 10.1. The maximum Gasteiger partial charge on any atom is 0.314 e. The van der Waals surface area contributed by atoms with Gasteiger partial charge in [0, 0.05) is 32.7 Å². The molecule has 4 aliphatic carbocycles. The fraction of sp³-hybridized carbons (Fsp3) is 0.952. The van der Waals surface area contributed by atoms with Gasteiger partial charge in [-0.25, -0.2) is 4.79 Å². The molecule has 5 fully saturated rings. The Kier molecular flexibility index (Phi) is 5.47. The molecule has 0 aromatic heterocycles. The Morgan fingerprint density at radius 1 is 1.12 bits per heavy atom. The molecule has 0 aromatic rings. The molecule has 1 heterocycles. The van der Waals surface area contributed by atoms with Crippen LogP contribution in [0.4, 0.5) is 4.79 Å². The summed E-state index contributed by atoms with van der Waals surface area (Å²) in [4.78, 5) is 14.8. The van der Waals surface area contributed by atoms with Crippen molar-refractivity contribution in [3.63, 3.8) is 0 Å². The topological polar surface area (TPSA) is 53.6 Å². The van der Waals surface area contributed by atoms with Gasteiger partial charge in [-0.1, -0.05) is 13.8 Å². The second kappa shape index (κ2) is 7.67. The number of nitrogens with one attached hydrogen (secondary N) is 2. The van der Waals surface area contributed by atoms with E-state index in [4.69, 9.17) is 4.74 Å². The monoisotopic (exact) mass is 363 g/mol. The number of nitrogens with zero attached hydrogens (tertiary/aromatic N) is 1. The standard InChI is InChI=1S/C21H37N3O2/c1-15(2)12-24-3-4-26-19(13-24)11-22-20(25)23-14-21-8-16-5-17(9-21)7-18(6-16)10-21/h15-19H,3-14H2,1-2H3,(H2,22,23,25). The lowest BCUT2D eigenvalue weighted by molar-refractivity contribution is -0.0500. The normalized spacial score (nSPS) is 39.3. The first kappa shape index (κ1) is 18.5. The van der Waals surface area contributed by atoms with E-state index < -0.39 is 0 Å². The third kappa shape index (κ3) is 4.36. The summed E-state index contributed by atoms with van der Waals surface area (Å²) in [7, 11) is 0. The number of hydrogen-bond acceptors (Lipinski definition) is 3. The van der Waals surface area contributed by atoms with Crippen LogP contribution in [0.15, 0.2) is 0 Å². The minimum atomic E-state index is -0.00896. The van der Waals surface area contributed by atoms with E-state index in [0.29, 0.717) is 17.9 Å². The van der Waals surface area contributed by atoms with E-state index in [1.807, 2.05) is 0 Å². The highest BCUT2D eigenvalue weighted by Crippen LogP contribution is 2.59. The van der Waals surface area contributed by atoms with Crippen LogP contribution in [0.2, 0.25) is 0 Å². The van der Waals surface area contributed by atoms with Crippen molar-refractivity contribution in [3.8, 4) is 0 Å². The van der Waals surface area contributed by atoms with Crippen LogP contribution in [0.1, 0.15) is 52.4 Å². The van der Waals surface area contributed by atoms with E-state index in [9.17, 15) is 4.79 Å². The van der Waals surface area contributed by atoms with Crippen molar-refractivity contribution in [1.82, 2.24) is 15.5 Å². The summed E-state index contributed by atoms with van der Waals surface area (Å²) in [5.74, 6) is 3.49. The lowest BCUT2D eigenvalue weighted by atomic mass is 9.49. The van der Waals surface area contributed by atoms with Crippen molar-refractivity contribution < 1.29 is 9.53 Å². The molecule has 26 heavy (non-hydrogen) atoms. The Balaban J connectivity index is 1.19. The van der Waals surface area contributed by atoms with Crippen LogP contribution in [0.25, 0.3) is 0 Å². The van der Waals surface area contributed by atoms with Gasteiger partial charge in [-0.2, -0.15) is 0 Å². The Labute approximate surface area is 158 Å². The van der Waals surface area contributed by atoms with Gasteiger partial charge in [0.05, 0.1) is 12.7 Å². The van der Waals surface area contributed by atoms with E-state index in [2.05, 4.69) is 29.4 Å². The number of carbonyl (C=O) groups is 1. The van der Waals surface area contributed by atoms with Crippen molar-refractivity contribution in [1.29, 1.82) is 0 Å². The van der Waals surface area contributed by atoms with Gasteiger partial charge < -0.3 is 15.4 Å². The number of rotatable bonds is 6. The van der Waals surface area contributed by atoms with Gasteiger partial charge >= 0.3 is 6.03 Å². The predicted octanol–water partition coefficient (Wildman–Crippen LogP) is 2.86. The van der Waals surface area contributed by atoms with Crippen molar-refractivity contribution in [2.24, 2.45) is 29.1 Å². The van der Waals surface area contributed by atoms with Gasteiger partial charge in [-0.05, 0) is 67.6 Å². The number of ether oxygens (including phenoxy) is 1. The Morgan fingerprint density at radius 2 is 1.77 bits per heavy atom. The molecule has 4 bridgehead atoms. The van der Waals surface area contributed by atoms with Gasteiger partial charge in [0.15, 0.2) is 0 Å². The third-order valence-corrected chi connectivity index (χ3v) is 7.13. The Morgan fingerprint density at radius 3 is 2.38 bits per heavy atom. The molecule has 5 nitrogen and oxygen atoms in total. The van der Waals surface area contributed by atoms with Crippen molar-refractivity contribution in [3.05, 3.63) is 0 Å². The highest BCUT2D eigenvalue weighted by molar-refractivity contribution is 5.73. The molecule has 4 saturated carbocycles. The first-order valence-corrected chi connectivity index (χ1v) is 10.9. The fourth-order valence-electron chi connectivity index (χ4n) is 6.63. The molecule has 1 aliphatic heterocycles. The maximum atomic E-state index is 12.3. The summed E-state index contributed by atoms with van der Waals surface area (Å²) in [5.41, 5.74) is 0.404. The van der Waals surface area contributed by atoms with E-state index in [-0.39, 0.29) is 12.1 Å². The molecule has 148 valence electrons. The van der Waals surface area contributed by atoms with Gasteiger partial charge in [0.2, 0.25) is 0 Å². The number of hydrogen-bond donors (Lipinski definition) is 2. The lowest BCUT2D eigenvalue weighted by Gasteiger charge is -2.56. The van der Waals surface area contributed by atoms with Gasteiger partial charge in [0.1, 0.15) is 0 Å². The molecule has 0 aromatic carbocycles. The summed E-state index contributed by atoms with van der Waals surface area (Å²) >= 11 is 0. The van der Waals surface area contributed by atoms with Crippen LogP contribution >= 0.6 is 0 Å². The van der Waals surface area contributed by atoms with Gasteiger partial charge in [-0.3, -0.25) is 4.90 Å². The molecule has 1 unspecified atom stereocenters. The van der Waals surface area contributed by atoms with Crippen molar-refractivity contribution in [2.45, 2.75) is 58.5 Å². The summed E-state index contributed by atoms with van der Waals surface area (Å²) in [6.45, 7) is 9.79. The minimum absolute atomic E-state index is 0.00896. The first-order chi connectivity index (χ1) is 12.5. The molecule has 0 radical (unpaired) electrons. The maximum absolute atomic E-state index is 12.3. The van der Waals surface area contributed by atoms with Crippen LogP contribution < -0.4 is 10.6 Å². The molecular weight excluding hydrogens is 326 g/mol. The molecule has 2 N–H and O–H groups in total. The molecule has 1 saturated heterocycles. The van der Waals surface area contributed by atoms with Crippen LogP contribution in [-0.4, -0.2) is 56.4 Å². The smallest absolute Gasteiger partial charge is 0.314 e. The van der Waals surface area contributed by atoms with Crippen molar-refractivity contribution in [2.75, 3.05) is 39.3 Å². The predicted molar refractivity (Wildman–Crippen MR) is 103 cm³/mol. The zero-order valence-corrected chi connectivity index (χ0v) is 16.6. The molecule has 5 heteroatoms. The molecular formula is C21H37N3O2. The summed E-state index contributed by atoms with van der Waals surface area (Å²) < 4.78 is 5.83. The van der Waals surface area contributed by atoms with Gasteiger partial charge in [0.25, 0.3) is 0 Å². The zero-order valence-electron chi connectivity index (χ0n) is 16.6. The van der Waals surface area contributed by atoms with Crippen LogP contribution in [-0.2, 0) is 4.74 Å². The van der Waals surface area contributed by atoms with E-state index in [1.54, 1.807) is 0 Å². The average Bonchev–Trinajstić information content (AvgIpc) is 2.57. The molecule has 1 atom stereocenters. The Hall–Kier alpha value is -0.810. The quantitative estimate of drug-likeness (QED) is 0.763. The van der Waals surface area contributed by atoms with E-state index in [0.717, 1.165) is 50.5 Å². The molecule has 5 rings (SSSR count). The molecule has 5 aliphatic rings. The zero-order chi connectivity index (χ0) is 18.1. The average molecular weight is 364 g/mol.